The normalized spacial score (nSPS) is 21.1. The van der Waals surface area contributed by atoms with Gasteiger partial charge in [-0.25, -0.2) is 9.97 Å². The molecule has 0 spiro atoms. The van der Waals surface area contributed by atoms with Gasteiger partial charge in [0, 0.05) is 47.3 Å². The van der Waals surface area contributed by atoms with Crippen LogP contribution in [0.3, 0.4) is 0 Å². The van der Waals surface area contributed by atoms with Gasteiger partial charge >= 0.3 is 0 Å². The van der Waals surface area contributed by atoms with Gasteiger partial charge in [0.15, 0.2) is 0 Å². The Morgan fingerprint density at radius 3 is 1.31 bits per heavy atom. The fraction of sp³-hybridized carbons (Fsp3) is 0.619. The lowest BCUT2D eigenvalue weighted by molar-refractivity contribution is -0.0134. The van der Waals surface area contributed by atoms with Gasteiger partial charge in [0.2, 0.25) is 0 Å². The van der Waals surface area contributed by atoms with E-state index in [1.807, 2.05) is 73.2 Å². The van der Waals surface area contributed by atoms with E-state index in [0.717, 1.165) is 98.7 Å². The van der Waals surface area contributed by atoms with Gasteiger partial charge in [-0.1, -0.05) is 41.5 Å². The Bertz CT molecular complexity index is 1690. The number of nitrogens with one attached hydrogen (secondary N) is 2. The predicted octanol–water partition coefficient (Wildman–Crippen LogP) is 8.11. The number of aromatic nitrogens is 4. The molecule has 0 atom stereocenters. The zero-order valence-electron chi connectivity index (χ0n) is 33.3. The minimum absolute atomic E-state index is 0.0240. The molecular formula is C42H62N6O4. The predicted molar refractivity (Wildman–Crippen MR) is 207 cm³/mol. The van der Waals surface area contributed by atoms with E-state index < -0.39 is 0 Å². The maximum atomic E-state index is 12.8. The van der Waals surface area contributed by atoms with Gasteiger partial charge in [-0.2, -0.15) is 0 Å². The Kier molecular flexibility index (Phi) is 12.5. The molecule has 52 heavy (non-hydrogen) atoms. The molecule has 0 aliphatic heterocycles. The molecule has 284 valence electrons. The first-order valence-corrected chi connectivity index (χ1v) is 19.2. The van der Waals surface area contributed by atoms with Gasteiger partial charge in [0.1, 0.15) is 11.3 Å². The molecule has 2 N–H and O–H groups in total. The van der Waals surface area contributed by atoms with Crippen molar-refractivity contribution < 1.29 is 19.1 Å². The van der Waals surface area contributed by atoms with Crippen molar-refractivity contribution in [1.82, 2.24) is 29.4 Å². The van der Waals surface area contributed by atoms with Crippen molar-refractivity contribution in [2.75, 3.05) is 13.2 Å². The molecule has 4 aromatic heterocycles. The number of nitrogens with zero attached hydrogens (tertiary/aromatic N) is 4. The second-order valence-corrected chi connectivity index (χ2v) is 17.6. The van der Waals surface area contributed by atoms with Crippen LogP contribution in [0.5, 0.6) is 0 Å². The van der Waals surface area contributed by atoms with Crippen molar-refractivity contribution >= 4 is 23.1 Å². The number of carbonyl (C=O) groups is 2. The van der Waals surface area contributed by atoms with Gasteiger partial charge in [-0.05, 0) is 114 Å². The number of hydrogen-bond acceptors (Lipinski definition) is 6. The smallest absolute Gasteiger partial charge is 0.255 e. The summed E-state index contributed by atoms with van der Waals surface area (Å²) in [5, 5.41) is 6.39. The van der Waals surface area contributed by atoms with Crippen LogP contribution in [-0.4, -0.2) is 68.1 Å². The molecular weight excluding hydrogens is 652 g/mol. The largest absolute Gasteiger partial charge is 0.378 e. The first kappa shape index (κ1) is 39.4. The minimum atomic E-state index is -0.0240. The van der Waals surface area contributed by atoms with E-state index in [4.69, 9.17) is 9.47 Å². The fourth-order valence-electron chi connectivity index (χ4n) is 7.15. The maximum absolute atomic E-state index is 12.8. The van der Waals surface area contributed by atoms with Crippen LogP contribution in [0.1, 0.15) is 136 Å². The summed E-state index contributed by atoms with van der Waals surface area (Å²) in [4.78, 5) is 34.6. The summed E-state index contributed by atoms with van der Waals surface area (Å²) in [6, 6.07) is 8.21. The number of hydrogen-bond donors (Lipinski definition) is 2. The molecule has 0 saturated heterocycles. The SMILES string of the molecule is Cc1cc(C)n2ccc(C(=O)NC3CCC(OCC(C)(C)C)CC3)c2n1.Cc1cc(C)n2ccc(C(=O)NC3CCC(OCC(C)(C)C)CC3)c2n1. The van der Waals surface area contributed by atoms with E-state index in [1.54, 1.807) is 0 Å². The highest BCUT2D eigenvalue weighted by atomic mass is 16.5. The fourth-order valence-corrected chi connectivity index (χ4v) is 7.15. The van der Waals surface area contributed by atoms with Crippen molar-refractivity contribution in [2.24, 2.45) is 10.8 Å². The number of fused-ring (bicyclic) bond motifs is 2. The minimum Gasteiger partial charge on any atom is -0.378 e. The summed E-state index contributed by atoms with van der Waals surface area (Å²) in [7, 11) is 0. The summed E-state index contributed by atoms with van der Waals surface area (Å²) in [6.07, 6.45) is 12.4. The average Bonchev–Trinajstić information content (AvgIpc) is 3.69. The van der Waals surface area contributed by atoms with Crippen molar-refractivity contribution in [3.05, 3.63) is 70.6 Å². The van der Waals surface area contributed by atoms with Gasteiger partial charge in [-0.3, -0.25) is 9.59 Å². The lowest BCUT2D eigenvalue weighted by Gasteiger charge is -2.31. The molecule has 2 saturated carbocycles. The van der Waals surface area contributed by atoms with Crippen molar-refractivity contribution in [3.8, 4) is 0 Å². The van der Waals surface area contributed by atoms with Gasteiger partial charge in [0.25, 0.3) is 11.8 Å². The van der Waals surface area contributed by atoms with Crippen molar-refractivity contribution in [3.63, 3.8) is 0 Å². The third-order valence-corrected chi connectivity index (χ3v) is 9.89. The van der Waals surface area contributed by atoms with Gasteiger partial charge in [0.05, 0.1) is 36.5 Å². The van der Waals surface area contributed by atoms with Gasteiger partial charge < -0.3 is 28.9 Å². The molecule has 0 unspecified atom stereocenters. The molecule has 10 nitrogen and oxygen atoms in total. The first-order chi connectivity index (χ1) is 24.5. The van der Waals surface area contributed by atoms with E-state index in [-0.39, 0.29) is 34.7 Å². The standard InChI is InChI=1S/2C21H31N3O2/c2*1-14-12-15(2)24-11-10-18(19(24)22-14)20(25)23-16-6-8-17(9-7-16)26-13-21(3,4)5/h2*10-12,16-17H,6-9,13H2,1-5H3,(H,23,25). The highest BCUT2D eigenvalue weighted by Crippen LogP contribution is 2.26. The molecule has 2 fully saturated rings. The lowest BCUT2D eigenvalue weighted by atomic mass is 9.92. The monoisotopic (exact) mass is 714 g/mol. The highest BCUT2D eigenvalue weighted by molar-refractivity contribution is 6.01. The summed E-state index contributed by atoms with van der Waals surface area (Å²) < 4.78 is 16.0. The molecule has 0 radical (unpaired) electrons. The molecule has 2 amide bonds. The van der Waals surface area contributed by atoms with Gasteiger partial charge in [-0.15, -0.1) is 0 Å². The highest BCUT2D eigenvalue weighted by Gasteiger charge is 2.27. The Morgan fingerprint density at radius 2 is 0.981 bits per heavy atom. The molecule has 6 rings (SSSR count). The summed E-state index contributed by atoms with van der Waals surface area (Å²) in [5.41, 5.74) is 7.22. The number of carbonyl (C=O) groups excluding carboxylic acids is 2. The zero-order chi connectivity index (χ0) is 37.8. The van der Waals surface area contributed by atoms with Crippen LogP contribution in [-0.2, 0) is 9.47 Å². The number of amides is 2. The number of ether oxygens (including phenoxy) is 2. The molecule has 4 aromatic rings. The average molecular weight is 715 g/mol. The van der Waals surface area contributed by atoms with E-state index in [9.17, 15) is 9.59 Å². The van der Waals surface area contributed by atoms with E-state index >= 15 is 0 Å². The molecule has 4 heterocycles. The lowest BCUT2D eigenvalue weighted by Crippen LogP contribution is -2.39. The van der Waals surface area contributed by atoms with E-state index in [1.165, 1.54) is 0 Å². The van der Waals surface area contributed by atoms with Crippen LogP contribution >= 0.6 is 0 Å². The van der Waals surface area contributed by atoms with Crippen LogP contribution in [0.4, 0.5) is 0 Å². The molecule has 2 aliphatic rings. The van der Waals surface area contributed by atoms with Crippen LogP contribution in [0, 0.1) is 38.5 Å². The Hall–Kier alpha value is -3.76. The van der Waals surface area contributed by atoms with E-state index in [0.29, 0.717) is 23.3 Å². The van der Waals surface area contributed by atoms with Crippen LogP contribution in [0.2, 0.25) is 0 Å². The first-order valence-electron chi connectivity index (χ1n) is 19.2. The van der Waals surface area contributed by atoms with E-state index in [2.05, 4.69) is 62.1 Å². The third kappa shape index (κ3) is 10.7. The second-order valence-electron chi connectivity index (χ2n) is 17.6. The van der Waals surface area contributed by atoms with Crippen molar-refractivity contribution in [2.45, 2.75) is 145 Å². The summed E-state index contributed by atoms with van der Waals surface area (Å²) >= 11 is 0. The van der Waals surface area contributed by atoms with Crippen LogP contribution < -0.4 is 10.6 Å². The molecule has 10 heteroatoms. The Balaban J connectivity index is 0.000000201. The molecule has 0 bridgehead atoms. The summed E-state index contributed by atoms with van der Waals surface area (Å²) in [5.74, 6) is -0.0480. The molecule has 0 aromatic carbocycles. The number of aryl methyl sites for hydroxylation is 4. The topological polar surface area (TPSA) is 111 Å². The molecule has 2 aliphatic carbocycles. The Labute approximate surface area is 310 Å². The van der Waals surface area contributed by atoms with Crippen LogP contribution in [0.25, 0.3) is 11.3 Å². The van der Waals surface area contributed by atoms with Crippen LogP contribution in [0.15, 0.2) is 36.7 Å². The number of rotatable bonds is 8. The second kappa shape index (κ2) is 16.5. The summed E-state index contributed by atoms with van der Waals surface area (Å²) in [6.45, 7) is 22.7. The zero-order valence-corrected chi connectivity index (χ0v) is 33.3. The quantitative estimate of drug-likeness (QED) is 0.191. The third-order valence-electron chi connectivity index (χ3n) is 9.89. The Morgan fingerprint density at radius 1 is 0.635 bits per heavy atom. The van der Waals surface area contributed by atoms with Crippen molar-refractivity contribution in [1.29, 1.82) is 0 Å². The maximum Gasteiger partial charge on any atom is 0.255 e.